The van der Waals surface area contributed by atoms with Crippen molar-refractivity contribution in [2.75, 3.05) is 0 Å². The number of aromatic nitrogens is 2. The van der Waals surface area contributed by atoms with Gasteiger partial charge in [-0.25, -0.2) is 14.8 Å². The van der Waals surface area contributed by atoms with Gasteiger partial charge < -0.3 is 4.74 Å². The van der Waals surface area contributed by atoms with Gasteiger partial charge in [-0.15, -0.1) is 0 Å². The molecule has 1 unspecified atom stereocenters. The fraction of sp³-hybridized carbons (Fsp3) is 0.577. The molecular weight excluding hydrogens is 372 g/mol. The predicted molar refractivity (Wildman–Crippen MR) is 124 cm³/mol. The van der Waals surface area contributed by atoms with Gasteiger partial charge in [0.2, 0.25) is 0 Å². The molecule has 0 saturated heterocycles. The molecule has 2 rings (SSSR count). The molecule has 1 aromatic heterocycles. The molecule has 0 fully saturated rings. The second-order valence-electron chi connectivity index (χ2n) is 8.15. The zero-order valence-corrected chi connectivity index (χ0v) is 19.0. The summed E-state index contributed by atoms with van der Waals surface area (Å²) in [5.41, 5.74) is 2.32. The predicted octanol–water partition coefficient (Wildman–Crippen LogP) is 7.17. The first-order chi connectivity index (χ1) is 14.7. The fourth-order valence-corrected chi connectivity index (χ4v) is 3.59. The van der Waals surface area contributed by atoms with Crippen LogP contribution in [0.4, 0.5) is 0 Å². The Kier molecular flexibility index (Phi) is 11.1. The van der Waals surface area contributed by atoms with Crippen molar-refractivity contribution in [1.29, 1.82) is 0 Å². The van der Waals surface area contributed by atoms with Gasteiger partial charge in [-0.2, -0.15) is 0 Å². The Morgan fingerprint density at radius 3 is 2.40 bits per heavy atom. The van der Waals surface area contributed by atoms with E-state index in [0.29, 0.717) is 11.4 Å². The van der Waals surface area contributed by atoms with Gasteiger partial charge in [0.25, 0.3) is 0 Å². The fourth-order valence-electron chi connectivity index (χ4n) is 3.59. The maximum absolute atomic E-state index is 12.8. The number of benzene rings is 1. The van der Waals surface area contributed by atoms with Gasteiger partial charge in [0.05, 0.1) is 11.7 Å². The van der Waals surface area contributed by atoms with E-state index in [2.05, 4.69) is 18.8 Å². The number of rotatable bonds is 14. The number of ether oxygens (including phenoxy) is 1. The quantitative estimate of drug-likeness (QED) is 0.245. The molecule has 0 bridgehead atoms. The topological polar surface area (TPSA) is 52.1 Å². The lowest BCUT2D eigenvalue weighted by Crippen LogP contribution is -2.16. The van der Waals surface area contributed by atoms with Gasteiger partial charge in [-0.1, -0.05) is 77.0 Å². The van der Waals surface area contributed by atoms with E-state index in [0.717, 1.165) is 36.9 Å². The zero-order valence-electron chi connectivity index (χ0n) is 19.0. The third-order valence-corrected chi connectivity index (χ3v) is 5.41. The zero-order chi connectivity index (χ0) is 21.6. The first-order valence-corrected chi connectivity index (χ1v) is 11.8. The van der Waals surface area contributed by atoms with Crippen LogP contribution in [0, 0.1) is 0 Å². The van der Waals surface area contributed by atoms with Crippen molar-refractivity contribution in [2.24, 2.45) is 0 Å². The Labute approximate surface area is 182 Å². The van der Waals surface area contributed by atoms with E-state index in [-0.39, 0.29) is 12.1 Å². The maximum atomic E-state index is 12.8. The van der Waals surface area contributed by atoms with Gasteiger partial charge in [0, 0.05) is 17.5 Å². The number of aryl methyl sites for hydroxylation is 1. The molecule has 30 heavy (non-hydrogen) atoms. The largest absolute Gasteiger partial charge is 0.459 e. The van der Waals surface area contributed by atoms with Crippen LogP contribution in [-0.4, -0.2) is 22.0 Å². The van der Waals surface area contributed by atoms with Crippen LogP contribution >= 0.6 is 0 Å². The summed E-state index contributed by atoms with van der Waals surface area (Å²) in [6, 6.07) is 9.47. The number of nitrogens with zero attached hydrogens (tertiary/aromatic N) is 2. The van der Waals surface area contributed by atoms with Crippen LogP contribution in [0.2, 0.25) is 0 Å². The smallest absolute Gasteiger partial charge is 0.339 e. The highest BCUT2D eigenvalue weighted by atomic mass is 16.5. The summed E-state index contributed by atoms with van der Waals surface area (Å²) >= 11 is 0. The Morgan fingerprint density at radius 2 is 1.63 bits per heavy atom. The Hall–Kier alpha value is -2.23. The summed E-state index contributed by atoms with van der Waals surface area (Å²) in [6.45, 7) is 6.40. The van der Waals surface area contributed by atoms with E-state index in [9.17, 15) is 4.79 Å². The number of hydrogen-bond acceptors (Lipinski definition) is 4. The molecule has 1 aromatic carbocycles. The Balaban J connectivity index is 2.02. The van der Waals surface area contributed by atoms with Crippen LogP contribution in [0.5, 0.6) is 0 Å². The third-order valence-electron chi connectivity index (χ3n) is 5.41. The summed E-state index contributed by atoms with van der Waals surface area (Å²) in [5, 5.41) is 0. The summed E-state index contributed by atoms with van der Waals surface area (Å²) in [5.74, 6) is 0.311. The number of unbranched alkanes of at least 4 members (excludes halogenated alkanes) is 7. The van der Waals surface area contributed by atoms with Crippen LogP contribution in [0.25, 0.3) is 11.4 Å². The number of hydrogen-bond donors (Lipinski definition) is 0. The maximum Gasteiger partial charge on any atom is 0.339 e. The molecule has 0 N–H and O–H groups in total. The number of carbonyl (C=O) groups excluding carboxylic acids is 1. The van der Waals surface area contributed by atoms with Gasteiger partial charge in [-0.3, -0.25) is 0 Å². The van der Waals surface area contributed by atoms with Crippen LogP contribution < -0.4 is 0 Å². The van der Waals surface area contributed by atoms with Gasteiger partial charge in [-0.05, 0) is 44.7 Å². The first-order valence-electron chi connectivity index (χ1n) is 11.8. The van der Waals surface area contributed by atoms with Crippen LogP contribution in [0.15, 0.2) is 36.5 Å². The molecule has 0 saturated carbocycles. The van der Waals surface area contributed by atoms with E-state index >= 15 is 0 Å². The summed E-state index contributed by atoms with van der Waals surface area (Å²) in [7, 11) is 0. The summed E-state index contributed by atoms with van der Waals surface area (Å²) < 4.78 is 5.72. The minimum absolute atomic E-state index is 0.0854. The van der Waals surface area contributed by atoms with Gasteiger partial charge in [0.1, 0.15) is 0 Å². The Bertz CT molecular complexity index is 760. The lowest BCUT2D eigenvalue weighted by Gasteiger charge is -2.15. The first kappa shape index (κ1) is 24.0. The molecule has 1 atom stereocenters. The third kappa shape index (κ3) is 8.25. The van der Waals surface area contributed by atoms with Crippen molar-refractivity contribution in [1.82, 2.24) is 9.97 Å². The van der Waals surface area contributed by atoms with E-state index < -0.39 is 0 Å². The van der Waals surface area contributed by atoms with Crippen molar-refractivity contribution in [3.8, 4) is 11.4 Å². The van der Waals surface area contributed by atoms with Crippen molar-refractivity contribution >= 4 is 5.97 Å². The minimum Gasteiger partial charge on any atom is -0.459 e. The molecular formula is C26H38N2O2. The molecule has 0 amide bonds. The van der Waals surface area contributed by atoms with Crippen molar-refractivity contribution in [2.45, 2.75) is 97.5 Å². The summed E-state index contributed by atoms with van der Waals surface area (Å²) in [4.78, 5) is 22.0. The lowest BCUT2D eigenvalue weighted by molar-refractivity contribution is 0.0320. The van der Waals surface area contributed by atoms with E-state index in [1.165, 1.54) is 44.9 Å². The second-order valence-corrected chi connectivity index (χ2v) is 8.15. The highest BCUT2D eigenvalue weighted by Crippen LogP contribution is 2.22. The SMILES string of the molecule is CCCCCCCc1ccnc(-c2ccccc2C(=O)OC(C)CCCCCC)n1. The molecule has 0 spiro atoms. The number of esters is 1. The van der Waals surface area contributed by atoms with Crippen molar-refractivity contribution in [3.05, 3.63) is 47.8 Å². The lowest BCUT2D eigenvalue weighted by atomic mass is 10.1. The van der Waals surface area contributed by atoms with E-state index in [1.807, 2.05) is 37.3 Å². The standard InChI is InChI=1S/C26H38N2O2/c1-4-6-8-10-12-16-22-19-20-27-25(28-22)23-17-13-14-18-24(23)26(29)30-21(3)15-11-9-7-5-2/h13-14,17-21H,4-12,15-16H2,1-3H3. The van der Waals surface area contributed by atoms with Gasteiger partial charge >= 0.3 is 5.97 Å². The van der Waals surface area contributed by atoms with Crippen molar-refractivity contribution < 1.29 is 9.53 Å². The second kappa shape index (κ2) is 13.9. The molecule has 4 heteroatoms. The average molecular weight is 411 g/mol. The number of carbonyl (C=O) groups is 1. The molecule has 0 aliphatic heterocycles. The molecule has 164 valence electrons. The van der Waals surface area contributed by atoms with E-state index in [4.69, 9.17) is 9.72 Å². The molecule has 4 nitrogen and oxygen atoms in total. The van der Waals surface area contributed by atoms with Crippen LogP contribution in [0.3, 0.4) is 0 Å². The van der Waals surface area contributed by atoms with Gasteiger partial charge in [0.15, 0.2) is 5.82 Å². The highest BCUT2D eigenvalue weighted by molar-refractivity contribution is 5.96. The summed E-state index contributed by atoms with van der Waals surface area (Å²) in [6.07, 6.45) is 14.5. The average Bonchev–Trinajstić information content (AvgIpc) is 2.77. The molecule has 0 radical (unpaired) electrons. The minimum atomic E-state index is -0.290. The molecule has 1 heterocycles. The van der Waals surface area contributed by atoms with Crippen LogP contribution in [-0.2, 0) is 11.2 Å². The van der Waals surface area contributed by atoms with E-state index in [1.54, 1.807) is 6.20 Å². The Morgan fingerprint density at radius 1 is 0.933 bits per heavy atom. The monoisotopic (exact) mass is 410 g/mol. The molecule has 0 aliphatic rings. The highest BCUT2D eigenvalue weighted by Gasteiger charge is 2.18. The normalized spacial score (nSPS) is 12.0. The van der Waals surface area contributed by atoms with Crippen LogP contribution in [0.1, 0.15) is 101 Å². The van der Waals surface area contributed by atoms with Crippen molar-refractivity contribution in [3.63, 3.8) is 0 Å². The molecule has 0 aliphatic carbocycles. The molecule has 2 aromatic rings.